The molecule has 0 aliphatic heterocycles. The number of hydrogen-bond donors (Lipinski definition) is 2. The predicted octanol–water partition coefficient (Wildman–Crippen LogP) is 2.69. The summed E-state index contributed by atoms with van der Waals surface area (Å²) >= 11 is 0. The lowest BCUT2D eigenvalue weighted by atomic mass is 10.0. The molecule has 1 atom stereocenters. The van der Waals surface area contributed by atoms with E-state index in [4.69, 9.17) is 4.74 Å². The molecule has 0 radical (unpaired) electrons. The summed E-state index contributed by atoms with van der Waals surface area (Å²) in [5.41, 5.74) is 1.22. The molecular formula is C21H23FN2O4. The van der Waals surface area contributed by atoms with E-state index in [9.17, 15) is 18.8 Å². The molecule has 0 aromatic heterocycles. The largest absolute Gasteiger partial charge is 0.454 e. The van der Waals surface area contributed by atoms with E-state index < -0.39 is 30.3 Å². The number of hydrogen-bond acceptors (Lipinski definition) is 4. The SMILES string of the molecule is CC(C)[C@H](NC(=O)Cc1ccccc1)C(=O)OCC(=O)Nc1ccc(F)cc1. The highest BCUT2D eigenvalue weighted by atomic mass is 19.1. The zero-order chi connectivity index (χ0) is 20.5. The molecule has 2 amide bonds. The zero-order valence-corrected chi connectivity index (χ0v) is 15.8. The molecule has 2 rings (SSSR count). The van der Waals surface area contributed by atoms with Crippen LogP contribution in [0.3, 0.4) is 0 Å². The van der Waals surface area contributed by atoms with Gasteiger partial charge in [-0.15, -0.1) is 0 Å². The van der Waals surface area contributed by atoms with Crippen LogP contribution in [0.1, 0.15) is 19.4 Å². The highest BCUT2D eigenvalue weighted by Crippen LogP contribution is 2.09. The minimum atomic E-state index is -0.866. The molecule has 6 nitrogen and oxygen atoms in total. The van der Waals surface area contributed by atoms with Gasteiger partial charge in [0.2, 0.25) is 5.91 Å². The highest BCUT2D eigenvalue weighted by molar-refractivity contribution is 5.93. The van der Waals surface area contributed by atoms with E-state index in [1.54, 1.807) is 13.8 Å². The van der Waals surface area contributed by atoms with Gasteiger partial charge in [0.15, 0.2) is 6.61 Å². The summed E-state index contributed by atoms with van der Waals surface area (Å²) in [7, 11) is 0. The van der Waals surface area contributed by atoms with E-state index in [1.165, 1.54) is 24.3 Å². The quantitative estimate of drug-likeness (QED) is 0.683. The lowest BCUT2D eigenvalue weighted by molar-refractivity contribution is -0.151. The molecular weight excluding hydrogens is 363 g/mol. The third-order valence-corrected chi connectivity index (χ3v) is 3.92. The summed E-state index contributed by atoms with van der Waals surface area (Å²) in [5, 5.41) is 5.15. The van der Waals surface area contributed by atoms with Crippen LogP contribution in [-0.2, 0) is 25.5 Å². The van der Waals surface area contributed by atoms with Gasteiger partial charge in [-0.1, -0.05) is 44.2 Å². The number of anilines is 1. The molecule has 0 heterocycles. The standard InChI is InChI=1S/C21H23FN2O4/c1-14(2)20(24-18(25)12-15-6-4-3-5-7-15)21(27)28-13-19(26)23-17-10-8-16(22)9-11-17/h3-11,14,20H,12-13H2,1-2H3,(H,23,26)(H,24,25)/t20-/m0/s1. The van der Waals surface area contributed by atoms with Crippen molar-refractivity contribution in [2.75, 3.05) is 11.9 Å². The van der Waals surface area contributed by atoms with Crippen LogP contribution in [-0.4, -0.2) is 30.4 Å². The van der Waals surface area contributed by atoms with Crippen LogP contribution in [0.2, 0.25) is 0 Å². The smallest absolute Gasteiger partial charge is 0.329 e. The summed E-state index contributed by atoms with van der Waals surface area (Å²) in [5.74, 6) is -2.19. The lowest BCUT2D eigenvalue weighted by Gasteiger charge is -2.20. The number of esters is 1. The molecule has 28 heavy (non-hydrogen) atoms. The number of halogens is 1. The molecule has 0 fully saturated rings. The normalized spacial score (nSPS) is 11.6. The molecule has 0 unspecified atom stereocenters. The van der Waals surface area contributed by atoms with Gasteiger partial charge in [-0.3, -0.25) is 9.59 Å². The Morgan fingerprint density at radius 3 is 2.21 bits per heavy atom. The Kier molecular flexibility index (Phi) is 7.68. The maximum atomic E-state index is 12.9. The molecule has 2 aromatic rings. The molecule has 2 aromatic carbocycles. The van der Waals surface area contributed by atoms with Gasteiger partial charge in [0.1, 0.15) is 11.9 Å². The molecule has 0 spiro atoms. The van der Waals surface area contributed by atoms with Crippen LogP contribution in [0, 0.1) is 11.7 Å². The Bertz CT molecular complexity index is 807. The van der Waals surface area contributed by atoms with Crippen LogP contribution in [0.25, 0.3) is 0 Å². The molecule has 0 aliphatic carbocycles. The summed E-state index contributed by atoms with van der Waals surface area (Å²) in [4.78, 5) is 36.4. The summed E-state index contributed by atoms with van der Waals surface area (Å²) in [6.07, 6.45) is 0.141. The number of ether oxygens (including phenoxy) is 1. The van der Waals surface area contributed by atoms with Crippen LogP contribution >= 0.6 is 0 Å². The van der Waals surface area contributed by atoms with Gasteiger partial charge in [-0.25, -0.2) is 9.18 Å². The van der Waals surface area contributed by atoms with E-state index >= 15 is 0 Å². The number of benzene rings is 2. The second kappa shape index (κ2) is 10.2. The van der Waals surface area contributed by atoms with E-state index in [1.807, 2.05) is 30.3 Å². The fourth-order valence-corrected chi connectivity index (χ4v) is 2.46. The first-order chi connectivity index (χ1) is 13.3. The van der Waals surface area contributed by atoms with Crippen LogP contribution < -0.4 is 10.6 Å². The summed E-state index contributed by atoms with van der Waals surface area (Å²) in [6, 6.07) is 13.5. The lowest BCUT2D eigenvalue weighted by Crippen LogP contribution is -2.46. The maximum Gasteiger partial charge on any atom is 0.329 e. The third-order valence-electron chi connectivity index (χ3n) is 3.92. The topological polar surface area (TPSA) is 84.5 Å². The Labute approximate surface area is 163 Å². The first-order valence-corrected chi connectivity index (χ1v) is 8.90. The number of carbonyl (C=O) groups is 3. The molecule has 0 saturated carbocycles. The average molecular weight is 386 g/mol. The zero-order valence-electron chi connectivity index (χ0n) is 15.8. The van der Waals surface area contributed by atoms with Gasteiger partial charge >= 0.3 is 5.97 Å². The van der Waals surface area contributed by atoms with Crippen LogP contribution in [0.4, 0.5) is 10.1 Å². The fraction of sp³-hybridized carbons (Fsp3) is 0.286. The fourth-order valence-electron chi connectivity index (χ4n) is 2.46. The van der Waals surface area contributed by atoms with Crippen molar-refractivity contribution in [3.8, 4) is 0 Å². The highest BCUT2D eigenvalue weighted by Gasteiger charge is 2.26. The van der Waals surface area contributed by atoms with Gasteiger partial charge in [0, 0.05) is 5.69 Å². The first kappa shape index (κ1) is 21.1. The number of carbonyl (C=O) groups excluding carboxylic acids is 3. The van der Waals surface area contributed by atoms with Gasteiger partial charge in [0.05, 0.1) is 6.42 Å². The average Bonchev–Trinajstić information content (AvgIpc) is 2.66. The van der Waals surface area contributed by atoms with Crippen molar-refractivity contribution in [3.63, 3.8) is 0 Å². The molecule has 0 saturated heterocycles. The molecule has 148 valence electrons. The summed E-state index contributed by atoms with van der Waals surface area (Å²) < 4.78 is 17.9. The predicted molar refractivity (Wildman–Crippen MR) is 103 cm³/mol. The minimum absolute atomic E-state index is 0.141. The van der Waals surface area contributed by atoms with Gasteiger partial charge in [-0.2, -0.15) is 0 Å². The number of rotatable bonds is 8. The Morgan fingerprint density at radius 2 is 1.61 bits per heavy atom. The van der Waals surface area contributed by atoms with Gasteiger partial charge in [-0.05, 0) is 35.7 Å². The summed E-state index contributed by atoms with van der Waals surface area (Å²) in [6.45, 7) is 3.04. The Hall–Kier alpha value is -3.22. The Balaban J connectivity index is 1.85. The van der Waals surface area contributed by atoms with E-state index in [0.29, 0.717) is 5.69 Å². The first-order valence-electron chi connectivity index (χ1n) is 8.90. The van der Waals surface area contributed by atoms with Crippen LogP contribution in [0.15, 0.2) is 54.6 Å². The van der Waals surface area contributed by atoms with Crippen molar-refractivity contribution in [1.82, 2.24) is 5.32 Å². The second-order valence-corrected chi connectivity index (χ2v) is 6.61. The monoisotopic (exact) mass is 386 g/mol. The van der Waals surface area contributed by atoms with Crippen molar-refractivity contribution >= 4 is 23.5 Å². The van der Waals surface area contributed by atoms with Crippen molar-refractivity contribution in [1.29, 1.82) is 0 Å². The molecule has 2 N–H and O–H groups in total. The van der Waals surface area contributed by atoms with Crippen molar-refractivity contribution in [2.24, 2.45) is 5.92 Å². The maximum absolute atomic E-state index is 12.9. The van der Waals surface area contributed by atoms with E-state index in [-0.39, 0.29) is 18.2 Å². The van der Waals surface area contributed by atoms with Crippen LogP contribution in [0.5, 0.6) is 0 Å². The third kappa shape index (κ3) is 6.83. The van der Waals surface area contributed by atoms with Gasteiger partial charge in [0.25, 0.3) is 5.91 Å². The van der Waals surface area contributed by atoms with E-state index in [2.05, 4.69) is 10.6 Å². The van der Waals surface area contributed by atoms with Crippen molar-refractivity contribution < 1.29 is 23.5 Å². The molecule has 7 heteroatoms. The second-order valence-electron chi connectivity index (χ2n) is 6.61. The van der Waals surface area contributed by atoms with Crippen molar-refractivity contribution in [3.05, 3.63) is 66.0 Å². The number of nitrogens with one attached hydrogen (secondary N) is 2. The Morgan fingerprint density at radius 1 is 0.964 bits per heavy atom. The number of amides is 2. The van der Waals surface area contributed by atoms with Crippen molar-refractivity contribution in [2.45, 2.75) is 26.3 Å². The molecule has 0 bridgehead atoms. The van der Waals surface area contributed by atoms with E-state index in [0.717, 1.165) is 5.56 Å². The van der Waals surface area contributed by atoms with Gasteiger partial charge < -0.3 is 15.4 Å². The minimum Gasteiger partial charge on any atom is -0.454 e. The molecule has 0 aliphatic rings.